The van der Waals surface area contributed by atoms with Crippen LogP contribution < -0.4 is 20.1 Å². The molecule has 3 rings (SSSR count). The lowest BCUT2D eigenvalue weighted by atomic mass is 10.2. The van der Waals surface area contributed by atoms with Gasteiger partial charge < -0.3 is 24.8 Å². The number of aromatic nitrogens is 2. The van der Waals surface area contributed by atoms with E-state index in [-0.39, 0.29) is 17.7 Å². The summed E-state index contributed by atoms with van der Waals surface area (Å²) in [5, 5.41) is 14.0. The van der Waals surface area contributed by atoms with Crippen LogP contribution in [0.3, 0.4) is 0 Å². The van der Waals surface area contributed by atoms with Crippen LogP contribution in [0.25, 0.3) is 0 Å². The maximum atomic E-state index is 12.1. The van der Waals surface area contributed by atoms with Gasteiger partial charge in [-0.15, -0.1) is 10.2 Å². The summed E-state index contributed by atoms with van der Waals surface area (Å²) in [5.41, 5.74) is 1.04. The van der Waals surface area contributed by atoms with Crippen molar-refractivity contribution in [3.05, 3.63) is 36.0 Å². The molecule has 0 spiro atoms. The minimum atomic E-state index is -0.259. The van der Waals surface area contributed by atoms with Crippen LogP contribution in [0.1, 0.15) is 23.3 Å². The van der Waals surface area contributed by atoms with Crippen LogP contribution in [-0.4, -0.2) is 49.6 Å². The number of methoxy groups -OCH3 is 2. The number of nitrogens with zero attached hydrogens (tertiary/aromatic N) is 2. The molecule has 0 aliphatic carbocycles. The monoisotopic (exact) mass is 358 g/mol. The largest absolute Gasteiger partial charge is 0.493 e. The third-order valence-corrected chi connectivity index (χ3v) is 4.07. The molecule has 2 heterocycles. The van der Waals surface area contributed by atoms with Gasteiger partial charge in [0, 0.05) is 24.9 Å². The van der Waals surface area contributed by atoms with Crippen LogP contribution >= 0.6 is 0 Å². The fourth-order valence-electron chi connectivity index (χ4n) is 2.68. The standard InChI is InChI=1S/C18H22N4O4/c1-24-15-7-5-12(10-16(15)25-2)20-17-8-6-14(21-22-17)18(23)19-11-13-4-3-9-26-13/h5-8,10,13H,3-4,9,11H2,1-2H3,(H,19,23)(H,20,22). The van der Waals surface area contributed by atoms with Crippen LogP contribution in [0.4, 0.5) is 11.5 Å². The Labute approximate surface area is 151 Å². The summed E-state index contributed by atoms with van der Waals surface area (Å²) < 4.78 is 16.0. The maximum absolute atomic E-state index is 12.1. The van der Waals surface area contributed by atoms with E-state index >= 15 is 0 Å². The van der Waals surface area contributed by atoms with Crippen molar-refractivity contribution >= 4 is 17.4 Å². The van der Waals surface area contributed by atoms with Crippen molar-refractivity contribution < 1.29 is 19.0 Å². The maximum Gasteiger partial charge on any atom is 0.271 e. The normalized spacial score (nSPS) is 16.2. The van der Waals surface area contributed by atoms with E-state index in [0.29, 0.717) is 23.9 Å². The Kier molecular flexibility index (Phi) is 5.85. The zero-order chi connectivity index (χ0) is 18.4. The first-order valence-corrected chi connectivity index (χ1v) is 8.42. The second kappa shape index (κ2) is 8.48. The van der Waals surface area contributed by atoms with Gasteiger partial charge >= 0.3 is 0 Å². The van der Waals surface area contributed by atoms with Crippen LogP contribution in [0.5, 0.6) is 11.5 Å². The topological polar surface area (TPSA) is 94.6 Å². The van der Waals surface area contributed by atoms with E-state index in [1.165, 1.54) is 0 Å². The molecule has 138 valence electrons. The molecule has 8 heteroatoms. The molecular weight excluding hydrogens is 336 g/mol. The Hall–Kier alpha value is -2.87. The van der Waals surface area contributed by atoms with E-state index in [1.807, 2.05) is 6.07 Å². The van der Waals surface area contributed by atoms with Crippen molar-refractivity contribution in [2.24, 2.45) is 0 Å². The minimum absolute atomic E-state index is 0.0953. The van der Waals surface area contributed by atoms with Crippen molar-refractivity contribution in [3.8, 4) is 11.5 Å². The summed E-state index contributed by atoms with van der Waals surface area (Å²) in [7, 11) is 3.16. The van der Waals surface area contributed by atoms with Crippen molar-refractivity contribution in [2.45, 2.75) is 18.9 Å². The summed E-state index contributed by atoms with van der Waals surface area (Å²) in [4.78, 5) is 12.1. The van der Waals surface area contributed by atoms with E-state index in [4.69, 9.17) is 14.2 Å². The lowest BCUT2D eigenvalue weighted by Gasteiger charge is -2.11. The highest BCUT2D eigenvalue weighted by Gasteiger charge is 2.17. The highest BCUT2D eigenvalue weighted by molar-refractivity contribution is 5.92. The number of anilines is 2. The zero-order valence-corrected chi connectivity index (χ0v) is 14.8. The summed E-state index contributed by atoms with van der Waals surface area (Å²) in [6.07, 6.45) is 2.11. The highest BCUT2D eigenvalue weighted by Crippen LogP contribution is 2.30. The molecule has 0 radical (unpaired) electrons. The van der Waals surface area contributed by atoms with E-state index in [0.717, 1.165) is 25.1 Å². The Balaban J connectivity index is 1.59. The number of carbonyl (C=O) groups is 1. The second-order valence-electron chi connectivity index (χ2n) is 5.84. The molecular formula is C18H22N4O4. The molecule has 1 atom stereocenters. The molecule has 0 bridgehead atoms. The van der Waals surface area contributed by atoms with Gasteiger partial charge in [-0.05, 0) is 37.1 Å². The van der Waals surface area contributed by atoms with Gasteiger partial charge in [0.1, 0.15) is 0 Å². The summed E-state index contributed by atoms with van der Waals surface area (Å²) in [5.74, 6) is 1.51. The second-order valence-corrected chi connectivity index (χ2v) is 5.84. The molecule has 1 fully saturated rings. The average Bonchev–Trinajstić information content (AvgIpc) is 3.20. The van der Waals surface area contributed by atoms with E-state index < -0.39 is 0 Å². The molecule has 1 aliphatic heterocycles. The predicted molar refractivity (Wildman–Crippen MR) is 96.2 cm³/mol. The van der Waals surface area contributed by atoms with Crippen molar-refractivity contribution in [3.63, 3.8) is 0 Å². The number of hydrogen-bond donors (Lipinski definition) is 2. The quantitative estimate of drug-likeness (QED) is 0.783. The number of amides is 1. The molecule has 1 saturated heterocycles. The molecule has 1 amide bonds. The number of rotatable bonds is 7. The summed E-state index contributed by atoms with van der Waals surface area (Å²) >= 11 is 0. The Morgan fingerprint density at radius 1 is 1.19 bits per heavy atom. The lowest BCUT2D eigenvalue weighted by Crippen LogP contribution is -2.32. The van der Waals surface area contributed by atoms with Gasteiger partial charge in [0.2, 0.25) is 0 Å². The number of benzene rings is 1. The lowest BCUT2D eigenvalue weighted by molar-refractivity contribution is 0.0853. The van der Waals surface area contributed by atoms with Crippen molar-refractivity contribution in [2.75, 3.05) is 32.7 Å². The highest BCUT2D eigenvalue weighted by atomic mass is 16.5. The molecule has 1 unspecified atom stereocenters. The van der Waals surface area contributed by atoms with Gasteiger partial charge in [0.25, 0.3) is 5.91 Å². The fourth-order valence-corrected chi connectivity index (χ4v) is 2.68. The average molecular weight is 358 g/mol. The summed E-state index contributed by atoms with van der Waals surface area (Å²) in [6.45, 7) is 1.25. The van der Waals surface area contributed by atoms with Gasteiger partial charge in [0.05, 0.1) is 20.3 Å². The van der Waals surface area contributed by atoms with Gasteiger partial charge in [-0.1, -0.05) is 0 Å². The van der Waals surface area contributed by atoms with Crippen molar-refractivity contribution in [1.82, 2.24) is 15.5 Å². The number of hydrogen-bond acceptors (Lipinski definition) is 7. The molecule has 1 aromatic heterocycles. The molecule has 8 nitrogen and oxygen atoms in total. The molecule has 1 aliphatic rings. The van der Waals surface area contributed by atoms with Crippen LogP contribution in [0, 0.1) is 0 Å². The molecule has 0 saturated carbocycles. The molecule has 2 N–H and O–H groups in total. The van der Waals surface area contributed by atoms with Gasteiger partial charge in [-0.3, -0.25) is 4.79 Å². The van der Waals surface area contributed by atoms with Crippen LogP contribution in [0.2, 0.25) is 0 Å². The predicted octanol–water partition coefficient (Wildman–Crippen LogP) is 2.15. The van der Waals surface area contributed by atoms with Crippen molar-refractivity contribution in [1.29, 1.82) is 0 Å². The Morgan fingerprint density at radius 2 is 2.04 bits per heavy atom. The third-order valence-electron chi connectivity index (χ3n) is 4.07. The third kappa shape index (κ3) is 4.40. The Bertz CT molecular complexity index is 745. The van der Waals surface area contributed by atoms with E-state index in [2.05, 4.69) is 20.8 Å². The van der Waals surface area contributed by atoms with Gasteiger partial charge in [-0.2, -0.15) is 0 Å². The first-order valence-electron chi connectivity index (χ1n) is 8.42. The van der Waals surface area contributed by atoms with Crippen LogP contribution in [0.15, 0.2) is 30.3 Å². The summed E-state index contributed by atoms with van der Waals surface area (Å²) in [6, 6.07) is 8.75. The first-order chi connectivity index (χ1) is 12.7. The first kappa shape index (κ1) is 17.9. The van der Waals surface area contributed by atoms with E-state index in [9.17, 15) is 4.79 Å². The molecule has 26 heavy (non-hydrogen) atoms. The fraction of sp³-hybridized carbons (Fsp3) is 0.389. The molecule has 1 aromatic carbocycles. The smallest absolute Gasteiger partial charge is 0.271 e. The molecule has 2 aromatic rings. The minimum Gasteiger partial charge on any atom is -0.493 e. The number of carbonyl (C=O) groups excluding carboxylic acids is 1. The zero-order valence-electron chi connectivity index (χ0n) is 14.8. The van der Waals surface area contributed by atoms with Crippen LogP contribution in [-0.2, 0) is 4.74 Å². The van der Waals surface area contributed by atoms with Gasteiger partial charge in [-0.25, -0.2) is 0 Å². The van der Waals surface area contributed by atoms with E-state index in [1.54, 1.807) is 38.5 Å². The number of nitrogens with one attached hydrogen (secondary N) is 2. The Morgan fingerprint density at radius 3 is 2.69 bits per heavy atom. The van der Waals surface area contributed by atoms with Gasteiger partial charge in [0.15, 0.2) is 23.0 Å². The SMILES string of the molecule is COc1ccc(Nc2ccc(C(=O)NCC3CCCO3)nn2)cc1OC. The number of ether oxygens (including phenoxy) is 3.